The van der Waals surface area contributed by atoms with Crippen molar-refractivity contribution in [2.24, 2.45) is 0 Å². The highest BCUT2D eigenvalue weighted by Crippen LogP contribution is 2.31. The van der Waals surface area contributed by atoms with Crippen molar-refractivity contribution in [3.05, 3.63) is 71.4 Å². The molecule has 0 amide bonds. The number of benzene rings is 2. The third-order valence-electron chi connectivity index (χ3n) is 5.13. The van der Waals surface area contributed by atoms with Gasteiger partial charge in [-0.05, 0) is 41.8 Å². The molecule has 0 aliphatic heterocycles. The fraction of sp³-hybridized carbons (Fsp3) is 0.320. The van der Waals surface area contributed by atoms with E-state index in [1.54, 1.807) is 25.4 Å². The number of rotatable bonds is 9. The Hall–Kier alpha value is -3.46. The predicted molar refractivity (Wildman–Crippen MR) is 123 cm³/mol. The number of ether oxygens (including phenoxy) is 2. The molecule has 0 saturated carbocycles. The van der Waals surface area contributed by atoms with Crippen molar-refractivity contribution in [1.29, 1.82) is 0 Å². The van der Waals surface area contributed by atoms with Gasteiger partial charge in [-0.25, -0.2) is 9.97 Å². The summed E-state index contributed by atoms with van der Waals surface area (Å²) >= 11 is 0. The Morgan fingerprint density at radius 3 is 2.44 bits per heavy atom. The lowest BCUT2D eigenvalue weighted by molar-refractivity contribution is -0.137. The van der Waals surface area contributed by atoms with Crippen LogP contribution in [0.2, 0.25) is 0 Å². The number of halogens is 3. The van der Waals surface area contributed by atoms with Crippen molar-refractivity contribution in [2.75, 3.05) is 25.2 Å². The molecule has 3 rings (SSSR count). The van der Waals surface area contributed by atoms with Gasteiger partial charge >= 0.3 is 12.1 Å². The van der Waals surface area contributed by atoms with Crippen LogP contribution in [0.4, 0.5) is 19.1 Å². The van der Waals surface area contributed by atoms with Crippen LogP contribution in [0.3, 0.4) is 0 Å². The molecule has 0 aliphatic carbocycles. The van der Waals surface area contributed by atoms with Gasteiger partial charge in [-0.2, -0.15) is 13.2 Å². The zero-order chi connectivity index (χ0) is 24.7. The smallest absolute Gasteiger partial charge is 0.416 e. The van der Waals surface area contributed by atoms with Crippen LogP contribution in [0, 0.1) is 0 Å². The van der Waals surface area contributed by atoms with E-state index in [2.05, 4.69) is 9.97 Å². The maximum Gasteiger partial charge on any atom is 0.416 e. The number of nitrogens with zero attached hydrogens (tertiary/aromatic N) is 3. The number of esters is 1. The second-order valence-corrected chi connectivity index (χ2v) is 7.62. The van der Waals surface area contributed by atoms with E-state index in [1.165, 1.54) is 19.1 Å². The first kappa shape index (κ1) is 25.2. The van der Waals surface area contributed by atoms with Crippen molar-refractivity contribution in [3.8, 4) is 17.0 Å². The van der Waals surface area contributed by atoms with Gasteiger partial charge in [-0.1, -0.05) is 31.2 Å². The molecule has 0 unspecified atom stereocenters. The van der Waals surface area contributed by atoms with Crippen molar-refractivity contribution in [2.45, 2.75) is 33.0 Å². The molecule has 1 heterocycles. The zero-order valence-electron chi connectivity index (χ0n) is 19.2. The summed E-state index contributed by atoms with van der Waals surface area (Å²) in [5.41, 5.74) is 2.23. The highest BCUT2D eigenvalue weighted by molar-refractivity contribution is 5.70. The van der Waals surface area contributed by atoms with Gasteiger partial charge in [0.05, 0.1) is 17.9 Å². The number of hydrogen-bond acceptors (Lipinski definition) is 6. The lowest BCUT2D eigenvalue weighted by atomic mass is 10.1. The number of carbonyl (C=O) groups excluding carboxylic acids is 1. The van der Waals surface area contributed by atoms with Crippen LogP contribution in [0.1, 0.15) is 30.5 Å². The maximum atomic E-state index is 12.9. The zero-order valence-corrected chi connectivity index (χ0v) is 19.2. The SMILES string of the molecule is CCc1cc(CN(CCOC)c2nccc(-c3ccc(C(F)(F)F)cc3)n2)ccc1OC(C)=O. The molecule has 2 aromatic carbocycles. The van der Waals surface area contributed by atoms with Gasteiger partial charge in [-0.3, -0.25) is 4.79 Å². The highest BCUT2D eigenvalue weighted by atomic mass is 19.4. The lowest BCUT2D eigenvalue weighted by Crippen LogP contribution is -2.28. The van der Waals surface area contributed by atoms with Gasteiger partial charge in [0, 0.05) is 38.9 Å². The van der Waals surface area contributed by atoms with Crippen molar-refractivity contribution in [1.82, 2.24) is 9.97 Å². The number of alkyl halides is 3. The normalized spacial score (nSPS) is 11.4. The van der Waals surface area contributed by atoms with Crippen molar-refractivity contribution < 1.29 is 27.4 Å². The summed E-state index contributed by atoms with van der Waals surface area (Å²) in [6.07, 6.45) is -2.13. The molecule has 180 valence electrons. The van der Waals surface area contributed by atoms with Gasteiger partial charge in [-0.15, -0.1) is 0 Å². The molecule has 9 heteroatoms. The second kappa shape index (κ2) is 11.1. The van der Waals surface area contributed by atoms with E-state index in [-0.39, 0.29) is 5.97 Å². The summed E-state index contributed by atoms with van der Waals surface area (Å²) in [6.45, 7) is 4.74. The van der Waals surface area contributed by atoms with E-state index in [1.807, 2.05) is 24.0 Å². The van der Waals surface area contributed by atoms with Crippen LogP contribution in [0.5, 0.6) is 5.75 Å². The lowest BCUT2D eigenvalue weighted by Gasteiger charge is -2.23. The Morgan fingerprint density at radius 2 is 1.82 bits per heavy atom. The first-order chi connectivity index (χ1) is 16.2. The molecule has 0 fully saturated rings. The molecular formula is C25H26F3N3O3. The Balaban J connectivity index is 1.88. The monoisotopic (exact) mass is 473 g/mol. The molecule has 6 nitrogen and oxygen atoms in total. The van der Waals surface area contributed by atoms with Gasteiger partial charge in [0.15, 0.2) is 0 Å². The Morgan fingerprint density at radius 1 is 1.09 bits per heavy atom. The fourth-order valence-corrected chi connectivity index (χ4v) is 3.42. The molecule has 3 aromatic rings. The summed E-state index contributed by atoms with van der Waals surface area (Å²) in [4.78, 5) is 22.2. The van der Waals surface area contributed by atoms with Crippen LogP contribution in [-0.2, 0) is 28.7 Å². The fourth-order valence-electron chi connectivity index (χ4n) is 3.42. The molecule has 0 saturated heterocycles. The summed E-state index contributed by atoms with van der Waals surface area (Å²) in [5, 5.41) is 0. The summed E-state index contributed by atoms with van der Waals surface area (Å²) in [7, 11) is 1.60. The third kappa shape index (κ3) is 6.54. The summed E-state index contributed by atoms with van der Waals surface area (Å²) in [5.74, 6) is 0.581. The number of anilines is 1. The average Bonchev–Trinajstić information content (AvgIpc) is 2.82. The van der Waals surface area contributed by atoms with Gasteiger partial charge < -0.3 is 14.4 Å². The van der Waals surface area contributed by atoms with Crippen molar-refractivity contribution in [3.63, 3.8) is 0 Å². The number of hydrogen-bond donors (Lipinski definition) is 0. The van der Waals surface area contributed by atoms with E-state index in [0.29, 0.717) is 49.1 Å². The number of aromatic nitrogens is 2. The van der Waals surface area contributed by atoms with E-state index in [9.17, 15) is 18.0 Å². The van der Waals surface area contributed by atoms with Gasteiger partial charge in [0.1, 0.15) is 5.75 Å². The molecule has 0 radical (unpaired) electrons. The first-order valence-electron chi connectivity index (χ1n) is 10.8. The minimum Gasteiger partial charge on any atom is -0.426 e. The van der Waals surface area contributed by atoms with Crippen LogP contribution in [0.25, 0.3) is 11.3 Å². The molecule has 0 atom stereocenters. The van der Waals surface area contributed by atoms with E-state index in [0.717, 1.165) is 23.3 Å². The Kier molecular flexibility index (Phi) is 8.22. The highest BCUT2D eigenvalue weighted by Gasteiger charge is 2.30. The quantitative estimate of drug-likeness (QED) is 0.310. The van der Waals surface area contributed by atoms with Crippen LogP contribution >= 0.6 is 0 Å². The van der Waals surface area contributed by atoms with Gasteiger partial charge in [0.25, 0.3) is 0 Å². The van der Waals surface area contributed by atoms with Crippen LogP contribution in [-0.4, -0.2) is 36.2 Å². The standard InChI is InChI=1S/C25H26F3N3O3/c1-4-19-15-18(5-10-23(19)34-17(2)32)16-31(13-14-33-3)24-29-12-11-22(30-24)20-6-8-21(9-7-20)25(26,27)28/h5-12,15H,4,13-14,16H2,1-3H3. The maximum absolute atomic E-state index is 12.9. The number of carbonyl (C=O) groups is 1. The van der Waals surface area contributed by atoms with E-state index < -0.39 is 11.7 Å². The third-order valence-corrected chi connectivity index (χ3v) is 5.13. The second-order valence-electron chi connectivity index (χ2n) is 7.62. The molecule has 0 N–H and O–H groups in total. The van der Waals surface area contributed by atoms with Crippen LogP contribution < -0.4 is 9.64 Å². The largest absolute Gasteiger partial charge is 0.426 e. The van der Waals surface area contributed by atoms with E-state index in [4.69, 9.17) is 9.47 Å². The molecule has 34 heavy (non-hydrogen) atoms. The van der Waals surface area contributed by atoms with Crippen molar-refractivity contribution >= 4 is 11.9 Å². The summed E-state index contributed by atoms with van der Waals surface area (Å²) in [6, 6.07) is 12.1. The van der Waals surface area contributed by atoms with Gasteiger partial charge in [0.2, 0.25) is 5.95 Å². The number of methoxy groups -OCH3 is 1. The first-order valence-corrected chi connectivity index (χ1v) is 10.8. The molecule has 0 spiro atoms. The average molecular weight is 473 g/mol. The minimum atomic E-state index is -4.39. The molecule has 0 aliphatic rings. The topological polar surface area (TPSA) is 64.6 Å². The van der Waals surface area contributed by atoms with Crippen LogP contribution in [0.15, 0.2) is 54.7 Å². The predicted octanol–water partition coefficient (Wildman–Crippen LogP) is 5.30. The Bertz CT molecular complexity index is 1120. The molecular weight excluding hydrogens is 447 g/mol. The molecule has 0 bridgehead atoms. The Labute approximate surface area is 196 Å². The summed E-state index contributed by atoms with van der Waals surface area (Å²) < 4.78 is 49.2. The minimum absolute atomic E-state index is 0.377. The van der Waals surface area contributed by atoms with E-state index >= 15 is 0 Å². The molecule has 1 aromatic heterocycles. The number of aryl methyl sites for hydroxylation is 1.